The molecular weight excluding hydrogens is 288 g/mol. The second-order valence-electron chi connectivity index (χ2n) is 6.27. The van der Waals surface area contributed by atoms with Gasteiger partial charge in [-0.05, 0) is 74.1 Å². The van der Waals surface area contributed by atoms with Crippen LogP contribution in [0.2, 0.25) is 0 Å². The summed E-state index contributed by atoms with van der Waals surface area (Å²) in [4.78, 5) is 11.6. The van der Waals surface area contributed by atoms with E-state index in [0.717, 1.165) is 27.8 Å². The van der Waals surface area contributed by atoms with E-state index in [4.69, 9.17) is 4.74 Å². The van der Waals surface area contributed by atoms with Crippen molar-refractivity contribution in [3.05, 3.63) is 63.7 Å². The van der Waals surface area contributed by atoms with Gasteiger partial charge in [0, 0.05) is 6.42 Å². The Morgan fingerprint density at radius 2 is 1.70 bits per heavy atom. The van der Waals surface area contributed by atoms with Gasteiger partial charge in [-0.25, -0.2) is 4.79 Å². The Kier molecular flexibility index (Phi) is 5.09. The van der Waals surface area contributed by atoms with Gasteiger partial charge in [0.2, 0.25) is 0 Å². The van der Waals surface area contributed by atoms with E-state index in [-0.39, 0.29) is 0 Å². The molecule has 0 saturated heterocycles. The van der Waals surface area contributed by atoms with Crippen LogP contribution in [0.3, 0.4) is 0 Å². The van der Waals surface area contributed by atoms with Gasteiger partial charge < -0.3 is 9.84 Å². The Bertz CT molecular complexity index is 732. The van der Waals surface area contributed by atoms with E-state index in [1.807, 2.05) is 58.9 Å². The maximum Gasteiger partial charge on any atom is 0.345 e. The number of hydrogen-bond acceptors (Lipinski definition) is 2. The van der Waals surface area contributed by atoms with Crippen LogP contribution in [0, 0.1) is 34.6 Å². The first-order valence-corrected chi connectivity index (χ1v) is 7.81. The number of carbonyl (C=O) groups is 1. The molecule has 0 amide bonds. The van der Waals surface area contributed by atoms with Gasteiger partial charge in [0.05, 0.1) is 0 Å². The minimum absolute atomic E-state index is 0.350. The highest BCUT2D eigenvalue weighted by atomic mass is 16.5. The fourth-order valence-electron chi connectivity index (χ4n) is 2.60. The molecule has 0 fully saturated rings. The lowest BCUT2D eigenvalue weighted by Gasteiger charge is -2.19. The predicted octanol–water partition coefficient (Wildman–Crippen LogP) is 4.30. The van der Waals surface area contributed by atoms with Gasteiger partial charge in [-0.3, -0.25) is 0 Å². The van der Waals surface area contributed by atoms with Gasteiger partial charge in [0.1, 0.15) is 5.75 Å². The minimum Gasteiger partial charge on any atom is -0.478 e. The first kappa shape index (κ1) is 17.1. The Morgan fingerprint density at radius 1 is 1.00 bits per heavy atom. The fraction of sp³-hybridized carbons (Fsp3) is 0.350. The van der Waals surface area contributed by atoms with Gasteiger partial charge in [-0.2, -0.15) is 0 Å². The molecule has 0 spiro atoms. The first-order chi connectivity index (χ1) is 10.8. The molecule has 1 N–H and O–H groups in total. The normalized spacial score (nSPS) is 12.0. The molecule has 1 atom stereocenters. The van der Waals surface area contributed by atoms with Crippen molar-refractivity contribution in [2.24, 2.45) is 0 Å². The van der Waals surface area contributed by atoms with Gasteiger partial charge in [0.15, 0.2) is 6.10 Å². The zero-order valence-corrected chi connectivity index (χ0v) is 14.4. The molecule has 0 aliphatic carbocycles. The smallest absolute Gasteiger partial charge is 0.345 e. The van der Waals surface area contributed by atoms with Crippen LogP contribution >= 0.6 is 0 Å². The van der Waals surface area contributed by atoms with E-state index < -0.39 is 12.1 Å². The molecule has 0 saturated carbocycles. The lowest BCUT2D eigenvalue weighted by Crippen LogP contribution is -2.29. The van der Waals surface area contributed by atoms with Gasteiger partial charge in [0.25, 0.3) is 0 Å². The van der Waals surface area contributed by atoms with Crippen molar-refractivity contribution in [2.75, 3.05) is 0 Å². The summed E-state index contributed by atoms with van der Waals surface area (Å²) in [5, 5.41) is 9.52. The highest BCUT2D eigenvalue weighted by molar-refractivity contribution is 5.73. The lowest BCUT2D eigenvalue weighted by atomic mass is 10.0. The third-order valence-corrected chi connectivity index (χ3v) is 4.30. The highest BCUT2D eigenvalue weighted by Gasteiger charge is 2.21. The molecule has 2 aromatic rings. The minimum atomic E-state index is -0.943. The van der Waals surface area contributed by atoms with Crippen LogP contribution in [0.1, 0.15) is 33.4 Å². The zero-order valence-electron chi connectivity index (χ0n) is 14.4. The monoisotopic (exact) mass is 312 g/mol. The van der Waals surface area contributed by atoms with Crippen LogP contribution in [0.5, 0.6) is 5.75 Å². The lowest BCUT2D eigenvalue weighted by molar-refractivity contribution is -0.145. The molecule has 3 nitrogen and oxygen atoms in total. The SMILES string of the molecule is Cc1cc(C)c(C)c(OC(Cc2ccc(C)c(C)c2)C(=O)O)c1. The van der Waals surface area contributed by atoms with Crippen molar-refractivity contribution in [1.82, 2.24) is 0 Å². The van der Waals surface area contributed by atoms with Crippen LogP contribution in [0.25, 0.3) is 0 Å². The van der Waals surface area contributed by atoms with E-state index >= 15 is 0 Å². The second kappa shape index (κ2) is 6.86. The number of hydrogen-bond donors (Lipinski definition) is 1. The van der Waals surface area contributed by atoms with Crippen LogP contribution in [0.4, 0.5) is 0 Å². The predicted molar refractivity (Wildman–Crippen MR) is 92.3 cm³/mol. The third-order valence-electron chi connectivity index (χ3n) is 4.30. The van der Waals surface area contributed by atoms with Gasteiger partial charge >= 0.3 is 5.97 Å². The van der Waals surface area contributed by atoms with Crippen molar-refractivity contribution < 1.29 is 14.6 Å². The maximum absolute atomic E-state index is 11.6. The molecular formula is C20H24O3. The van der Waals surface area contributed by atoms with E-state index in [1.165, 1.54) is 5.56 Å². The summed E-state index contributed by atoms with van der Waals surface area (Å²) in [7, 11) is 0. The Hall–Kier alpha value is -2.29. The molecule has 122 valence electrons. The van der Waals surface area contributed by atoms with E-state index in [2.05, 4.69) is 6.07 Å². The molecule has 1 unspecified atom stereocenters. The molecule has 0 radical (unpaired) electrons. The first-order valence-electron chi connectivity index (χ1n) is 7.81. The highest BCUT2D eigenvalue weighted by Crippen LogP contribution is 2.25. The second-order valence-corrected chi connectivity index (χ2v) is 6.27. The number of aliphatic carboxylic acids is 1. The fourth-order valence-corrected chi connectivity index (χ4v) is 2.60. The Balaban J connectivity index is 2.26. The summed E-state index contributed by atoms with van der Waals surface area (Å²) >= 11 is 0. The van der Waals surface area contributed by atoms with E-state index in [1.54, 1.807) is 0 Å². The molecule has 3 heteroatoms. The Morgan fingerprint density at radius 3 is 2.30 bits per heavy atom. The van der Waals surface area contributed by atoms with Crippen LogP contribution < -0.4 is 4.74 Å². The van der Waals surface area contributed by atoms with Crippen LogP contribution in [-0.4, -0.2) is 17.2 Å². The number of carboxylic acid groups (broad SMARTS) is 1. The standard InChI is InChI=1S/C20H24O3/c1-12-8-15(4)16(5)18(9-12)23-19(20(21)22)11-17-7-6-13(2)14(3)10-17/h6-10,19H,11H2,1-5H3,(H,21,22). The molecule has 0 aliphatic rings. The van der Waals surface area contributed by atoms with Gasteiger partial charge in [-0.15, -0.1) is 0 Å². The zero-order chi connectivity index (χ0) is 17.1. The van der Waals surface area contributed by atoms with Crippen molar-refractivity contribution in [3.8, 4) is 5.75 Å². The van der Waals surface area contributed by atoms with Crippen LogP contribution in [-0.2, 0) is 11.2 Å². The summed E-state index contributed by atoms with van der Waals surface area (Å²) in [6.45, 7) is 10.0. The van der Waals surface area contributed by atoms with Crippen molar-refractivity contribution in [3.63, 3.8) is 0 Å². The van der Waals surface area contributed by atoms with E-state index in [9.17, 15) is 9.90 Å². The summed E-state index contributed by atoms with van der Waals surface area (Å²) in [6, 6.07) is 9.99. The number of aryl methyl sites for hydroxylation is 4. The number of benzene rings is 2. The number of rotatable bonds is 5. The number of ether oxygens (including phenoxy) is 1. The summed E-state index contributed by atoms with van der Waals surface area (Å²) < 4.78 is 5.84. The van der Waals surface area contributed by atoms with Crippen molar-refractivity contribution >= 4 is 5.97 Å². The molecule has 2 rings (SSSR count). The third kappa shape index (κ3) is 4.13. The maximum atomic E-state index is 11.6. The van der Waals surface area contributed by atoms with E-state index in [0.29, 0.717) is 12.2 Å². The summed E-state index contributed by atoms with van der Waals surface area (Å²) in [5.74, 6) is -0.291. The molecule has 0 aliphatic heterocycles. The number of carboxylic acids is 1. The summed E-state index contributed by atoms with van der Waals surface area (Å²) in [5.41, 5.74) is 6.50. The topological polar surface area (TPSA) is 46.5 Å². The Labute approximate surface area is 137 Å². The quantitative estimate of drug-likeness (QED) is 0.895. The molecule has 23 heavy (non-hydrogen) atoms. The average molecular weight is 312 g/mol. The molecule has 0 aromatic heterocycles. The molecule has 0 heterocycles. The largest absolute Gasteiger partial charge is 0.478 e. The molecule has 2 aromatic carbocycles. The van der Waals surface area contributed by atoms with Crippen LogP contribution in [0.15, 0.2) is 30.3 Å². The van der Waals surface area contributed by atoms with Crippen molar-refractivity contribution in [1.29, 1.82) is 0 Å². The van der Waals surface area contributed by atoms with Gasteiger partial charge in [-0.1, -0.05) is 24.3 Å². The molecule has 0 bridgehead atoms. The van der Waals surface area contributed by atoms with Crippen molar-refractivity contribution in [2.45, 2.75) is 47.1 Å². The summed E-state index contributed by atoms with van der Waals surface area (Å²) in [6.07, 6.45) is -0.542. The average Bonchev–Trinajstić information content (AvgIpc) is 2.47.